The van der Waals surface area contributed by atoms with Crippen LogP contribution in [0, 0.1) is 5.92 Å². The first kappa shape index (κ1) is 21.2. The molecule has 6 nitrogen and oxygen atoms in total. The third-order valence-corrected chi connectivity index (χ3v) is 3.38. The van der Waals surface area contributed by atoms with Gasteiger partial charge in [-0.25, -0.2) is 4.98 Å². The number of nitrogens with one attached hydrogen (secondary N) is 2. The van der Waals surface area contributed by atoms with Gasteiger partial charge in [0.15, 0.2) is 0 Å². The van der Waals surface area contributed by atoms with Crippen molar-refractivity contribution in [2.75, 3.05) is 13.2 Å². The van der Waals surface area contributed by atoms with Crippen LogP contribution in [-0.2, 0) is 22.6 Å². The monoisotopic (exact) mass is 352 g/mol. The fourth-order valence-electron chi connectivity index (χ4n) is 2.37. The summed E-state index contributed by atoms with van der Waals surface area (Å²) in [5.74, 6) is 1.40. The lowest BCUT2D eigenvalue weighted by molar-refractivity contribution is -0.129. The van der Waals surface area contributed by atoms with E-state index in [1.165, 1.54) is 0 Å². The molecule has 2 rings (SSSR count). The second kappa shape index (κ2) is 10.0. The number of carbonyl (C=O) groups excluding carboxylic acids is 1. The van der Waals surface area contributed by atoms with E-state index in [1.54, 1.807) is 6.20 Å². The predicted octanol–water partition coefficient (Wildman–Crippen LogP) is 1.38. The van der Waals surface area contributed by atoms with Crippen molar-refractivity contribution in [1.29, 1.82) is 0 Å². The van der Waals surface area contributed by atoms with E-state index in [0.29, 0.717) is 25.6 Å². The molecule has 0 unspecified atom stereocenters. The average molecular weight is 353 g/mol. The van der Waals surface area contributed by atoms with Gasteiger partial charge >= 0.3 is 0 Å². The Morgan fingerprint density at radius 1 is 1.55 bits per heavy atom. The molecule has 2 heterocycles. The first-order chi connectivity index (χ1) is 9.58. The lowest BCUT2D eigenvalue weighted by Gasteiger charge is -2.29. The van der Waals surface area contributed by atoms with Crippen LogP contribution in [-0.4, -0.2) is 40.8 Å². The van der Waals surface area contributed by atoms with Gasteiger partial charge in [0.25, 0.3) is 0 Å². The summed E-state index contributed by atoms with van der Waals surface area (Å²) in [5, 5.41) is 6.12. The summed E-state index contributed by atoms with van der Waals surface area (Å²) in [5.41, 5.74) is 0. The van der Waals surface area contributed by atoms with Gasteiger partial charge in [-0.3, -0.25) is 4.79 Å². The lowest BCUT2D eigenvalue weighted by Crippen LogP contribution is -2.55. The molecule has 1 aliphatic heterocycles. The fourth-order valence-corrected chi connectivity index (χ4v) is 2.37. The second-order valence-electron chi connectivity index (χ2n) is 5.62. The fraction of sp³-hybridized carbons (Fsp3) is 0.714. The molecule has 1 aromatic rings. The van der Waals surface area contributed by atoms with Crippen LogP contribution in [0.5, 0.6) is 0 Å². The molecule has 0 spiro atoms. The molecule has 1 fully saturated rings. The minimum Gasteiger partial charge on any atom is -0.375 e. The number of hydrogen-bond donors (Lipinski definition) is 2. The summed E-state index contributed by atoms with van der Waals surface area (Å²) in [4.78, 5) is 16.4. The van der Waals surface area contributed by atoms with Crippen LogP contribution < -0.4 is 10.6 Å². The van der Waals surface area contributed by atoms with E-state index in [2.05, 4.69) is 34.0 Å². The van der Waals surface area contributed by atoms with Gasteiger partial charge in [-0.15, -0.1) is 24.8 Å². The van der Waals surface area contributed by atoms with Gasteiger partial charge in [0.2, 0.25) is 5.91 Å². The molecule has 8 heteroatoms. The zero-order chi connectivity index (χ0) is 14.5. The third-order valence-electron chi connectivity index (χ3n) is 3.38. The molecule has 0 saturated carbocycles. The van der Waals surface area contributed by atoms with Crippen molar-refractivity contribution in [3.8, 4) is 0 Å². The number of morpholine rings is 1. The Kier molecular flexibility index (Phi) is 9.67. The molecule has 1 aliphatic rings. The van der Waals surface area contributed by atoms with Crippen LogP contribution >= 0.6 is 24.8 Å². The quantitative estimate of drug-likeness (QED) is 0.839. The van der Waals surface area contributed by atoms with Gasteiger partial charge in [-0.1, -0.05) is 13.8 Å². The number of hydrogen-bond acceptors (Lipinski definition) is 4. The molecule has 1 aromatic heterocycles. The summed E-state index contributed by atoms with van der Waals surface area (Å²) in [6.07, 6.45) is 3.62. The van der Waals surface area contributed by atoms with Crippen molar-refractivity contribution in [3.63, 3.8) is 0 Å². The minimum absolute atomic E-state index is 0. The van der Waals surface area contributed by atoms with E-state index in [1.807, 2.05) is 13.1 Å². The molecule has 2 atom stereocenters. The van der Waals surface area contributed by atoms with E-state index in [4.69, 9.17) is 4.74 Å². The number of aromatic nitrogens is 2. The van der Waals surface area contributed by atoms with E-state index in [0.717, 1.165) is 12.4 Å². The molecule has 1 amide bonds. The number of halogens is 2. The van der Waals surface area contributed by atoms with Crippen LogP contribution in [0.25, 0.3) is 0 Å². The van der Waals surface area contributed by atoms with Gasteiger partial charge in [0, 0.05) is 25.5 Å². The van der Waals surface area contributed by atoms with Crippen molar-refractivity contribution in [2.24, 2.45) is 5.92 Å². The Bertz CT molecular complexity index is 454. The van der Waals surface area contributed by atoms with Crippen LogP contribution in [0.1, 0.15) is 26.6 Å². The maximum atomic E-state index is 12.1. The Balaban J connectivity index is 0.00000220. The van der Waals surface area contributed by atoms with Gasteiger partial charge in [-0.2, -0.15) is 0 Å². The third kappa shape index (κ3) is 5.76. The summed E-state index contributed by atoms with van der Waals surface area (Å²) in [6, 6.07) is -0.280. The molecule has 0 aromatic carbocycles. The zero-order valence-corrected chi connectivity index (χ0v) is 14.9. The molecular weight excluding hydrogens is 327 g/mol. The number of carbonyl (C=O) groups is 1. The second-order valence-corrected chi connectivity index (χ2v) is 5.62. The van der Waals surface area contributed by atoms with Crippen molar-refractivity contribution in [2.45, 2.75) is 46.0 Å². The van der Waals surface area contributed by atoms with Crippen molar-refractivity contribution in [3.05, 3.63) is 18.2 Å². The summed E-state index contributed by atoms with van der Waals surface area (Å²) in [7, 11) is 0. The summed E-state index contributed by atoms with van der Waals surface area (Å²) < 4.78 is 7.56. The van der Waals surface area contributed by atoms with Crippen LogP contribution in [0.4, 0.5) is 0 Å². The van der Waals surface area contributed by atoms with E-state index < -0.39 is 0 Å². The Morgan fingerprint density at radius 3 is 2.91 bits per heavy atom. The lowest BCUT2D eigenvalue weighted by atomic mass is 10.1. The molecule has 1 saturated heterocycles. The number of imidazole rings is 1. The number of amides is 1. The molecular formula is C14H26Cl2N4O2. The number of ether oxygens (including phenoxy) is 1. The summed E-state index contributed by atoms with van der Waals surface area (Å²) in [6.45, 7) is 8.96. The van der Waals surface area contributed by atoms with Crippen molar-refractivity contribution >= 4 is 30.7 Å². The highest BCUT2D eigenvalue weighted by Crippen LogP contribution is 2.06. The van der Waals surface area contributed by atoms with Crippen LogP contribution in [0.2, 0.25) is 0 Å². The summed E-state index contributed by atoms with van der Waals surface area (Å²) >= 11 is 0. The van der Waals surface area contributed by atoms with Crippen molar-refractivity contribution in [1.82, 2.24) is 20.2 Å². The van der Waals surface area contributed by atoms with Gasteiger partial charge in [-0.05, 0) is 12.8 Å². The molecule has 2 N–H and O–H groups in total. The maximum absolute atomic E-state index is 12.1. The van der Waals surface area contributed by atoms with E-state index >= 15 is 0 Å². The first-order valence-corrected chi connectivity index (χ1v) is 7.20. The van der Waals surface area contributed by atoms with E-state index in [-0.39, 0.29) is 42.9 Å². The highest BCUT2D eigenvalue weighted by molar-refractivity contribution is 5.85. The van der Waals surface area contributed by atoms with E-state index in [9.17, 15) is 4.79 Å². The number of nitrogens with zero attached hydrogens (tertiary/aromatic N) is 2. The first-order valence-electron chi connectivity index (χ1n) is 7.20. The highest BCUT2D eigenvalue weighted by atomic mass is 35.5. The standard InChI is InChI=1S/C14H24N4O2.2ClH/c1-10(2)9-18-6-4-15-12(18)8-17-14(19)13-11(3)20-7-5-16-13;;/h4,6,10-11,13,16H,5,7-9H2,1-3H3,(H,17,19);2*1H/t11-,13+;;/m1../s1. The molecule has 0 aliphatic carbocycles. The number of rotatable bonds is 5. The largest absolute Gasteiger partial charge is 0.375 e. The van der Waals surface area contributed by atoms with Crippen LogP contribution in [0.3, 0.4) is 0 Å². The molecule has 22 heavy (non-hydrogen) atoms. The van der Waals surface area contributed by atoms with Crippen molar-refractivity contribution < 1.29 is 9.53 Å². The zero-order valence-electron chi connectivity index (χ0n) is 13.2. The predicted molar refractivity (Wildman–Crippen MR) is 90.6 cm³/mol. The Morgan fingerprint density at radius 2 is 2.27 bits per heavy atom. The normalized spacial score (nSPS) is 20.9. The smallest absolute Gasteiger partial charge is 0.240 e. The van der Waals surface area contributed by atoms with Gasteiger partial charge in [0.1, 0.15) is 11.9 Å². The molecule has 0 radical (unpaired) electrons. The molecule has 128 valence electrons. The highest BCUT2D eigenvalue weighted by Gasteiger charge is 2.28. The van der Waals surface area contributed by atoms with Gasteiger partial charge < -0.3 is 19.9 Å². The Labute approximate surface area is 144 Å². The van der Waals surface area contributed by atoms with Gasteiger partial charge in [0.05, 0.1) is 19.3 Å². The Hall–Kier alpha value is -0.820. The topological polar surface area (TPSA) is 68.2 Å². The minimum atomic E-state index is -0.280. The molecule has 0 bridgehead atoms. The maximum Gasteiger partial charge on any atom is 0.240 e. The average Bonchev–Trinajstić information content (AvgIpc) is 2.83. The van der Waals surface area contributed by atoms with Crippen LogP contribution in [0.15, 0.2) is 12.4 Å². The SMILES string of the molecule is CC(C)Cn1ccnc1CNC(=O)[C@H]1NCCO[C@@H]1C.Cl.Cl.